The van der Waals surface area contributed by atoms with Crippen LogP contribution in [0, 0.1) is 0 Å². The summed E-state index contributed by atoms with van der Waals surface area (Å²) in [4.78, 5) is 26.5. The maximum Gasteiger partial charge on any atom is 0.250 e. The number of aromatic nitrogens is 2. The molecule has 132 valence electrons. The Kier molecular flexibility index (Phi) is 5.14. The number of nitrogens with one attached hydrogen (secondary N) is 1. The molecule has 0 unspecified atom stereocenters. The molecule has 1 saturated heterocycles. The molecular weight excluding hydrogens is 320 g/mol. The fourth-order valence-electron chi connectivity index (χ4n) is 2.98. The van der Waals surface area contributed by atoms with E-state index in [1.165, 1.54) is 0 Å². The molecule has 0 aliphatic carbocycles. The van der Waals surface area contributed by atoms with E-state index in [0.29, 0.717) is 18.8 Å². The lowest BCUT2D eigenvalue weighted by Crippen LogP contribution is -2.54. The highest BCUT2D eigenvalue weighted by molar-refractivity contribution is 5.99. The summed E-state index contributed by atoms with van der Waals surface area (Å²) in [7, 11) is 1.79. The van der Waals surface area contributed by atoms with Crippen molar-refractivity contribution in [2.75, 3.05) is 11.4 Å². The molecule has 1 aliphatic heterocycles. The molecule has 1 fully saturated rings. The molecule has 2 heterocycles. The zero-order valence-corrected chi connectivity index (χ0v) is 14.1. The largest absolute Gasteiger partial charge is 0.383 e. The summed E-state index contributed by atoms with van der Waals surface area (Å²) in [6.07, 6.45) is 2.14. The predicted octanol–water partition coefficient (Wildman–Crippen LogP) is 0.635. The third kappa shape index (κ3) is 4.06. The van der Waals surface area contributed by atoms with Crippen molar-refractivity contribution in [1.82, 2.24) is 15.1 Å². The number of carbonyl (C=O) groups excluding carboxylic acids is 2. The highest BCUT2D eigenvalue weighted by atomic mass is 16.3. The minimum absolute atomic E-state index is 0.190. The van der Waals surface area contributed by atoms with Gasteiger partial charge in [-0.05, 0) is 18.4 Å². The molecule has 7 heteroatoms. The monoisotopic (exact) mass is 342 g/mol. The molecule has 0 saturated carbocycles. The first kappa shape index (κ1) is 17.2. The van der Waals surface area contributed by atoms with Crippen molar-refractivity contribution in [3.63, 3.8) is 0 Å². The van der Waals surface area contributed by atoms with Crippen molar-refractivity contribution < 1.29 is 14.7 Å². The summed E-state index contributed by atoms with van der Waals surface area (Å²) in [6, 6.07) is 10.4. The Morgan fingerprint density at radius 2 is 2.12 bits per heavy atom. The first-order valence-electron chi connectivity index (χ1n) is 8.38. The van der Waals surface area contributed by atoms with E-state index in [1.807, 2.05) is 30.3 Å². The van der Waals surface area contributed by atoms with Crippen molar-refractivity contribution in [3.8, 4) is 0 Å². The summed E-state index contributed by atoms with van der Waals surface area (Å²) < 4.78 is 1.63. The first-order valence-corrected chi connectivity index (χ1v) is 8.38. The van der Waals surface area contributed by atoms with Gasteiger partial charge in [0.15, 0.2) is 5.82 Å². The summed E-state index contributed by atoms with van der Waals surface area (Å²) in [6.45, 7) is 0.578. The van der Waals surface area contributed by atoms with Crippen LogP contribution in [-0.4, -0.2) is 45.4 Å². The Balaban J connectivity index is 1.61. The quantitative estimate of drug-likeness (QED) is 0.835. The molecule has 1 aliphatic rings. The fraction of sp³-hybridized carbons (Fsp3) is 0.389. The average Bonchev–Trinajstić information content (AvgIpc) is 3.03. The van der Waals surface area contributed by atoms with Crippen molar-refractivity contribution in [2.24, 2.45) is 7.05 Å². The molecule has 7 nitrogen and oxygen atoms in total. The van der Waals surface area contributed by atoms with Gasteiger partial charge in [-0.2, -0.15) is 5.10 Å². The number of nitrogens with zero attached hydrogens (tertiary/aromatic N) is 3. The van der Waals surface area contributed by atoms with Gasteiger partial charge in [-0.3, -0.25) is 19.2 Å². The van der Waals surface area contributed by atoms with Crippen LogP contribution in [0.2, 0.25) is 0 Å². The molecule has 0 bridgehead atoms. The van der Waals surface area contributed by atoms with Gasteiger partial charge >= 0.3 is 0 Å². The molecule has 2 aromatic rings. The molecule has 1 aromatic heterocycles. The molecule has 3 rings (SSSR count). The SMILES string of the molecule is Cn1ccc(N2CCC[C@@H](NC(=O)[C@@H](O)Cc3ccccc3)C2=O)n1. The van der Waals surface area contributed by atoms with Crippen LogP contribution in [0.3, 0.4) is 0 Å². The number of aliphatic hydroxyl groups excluding tert-OH is 1. The molecule has 0 radical (unpaired) electrons. The van der Waals surface area contributed by atoms with Gasteiger partial charge in [0.25, 0.3) is 5.91 Å². The van der Waals surface area contributed by atoms with E-state index in [1.54, 1.807) is 28.9 Å². The number of anilines is 1. The van der Waals surface area contributed by atoms with Gasteiger partial charge in [-0.1, -0.05) is 30.3 Å². The van der Waals surface area contributed by atoms with Gasteiger partial charge in [0.2, 0.25) is 5.91 Å². The number of hydrogen-bond donors (Lipinski definition) is 2. The van der Waals surface area contributed by atoms with E-state index < -0.39 is 18.1 Å². The zero-order chi connectivity index (χ0) is 17.8. The number of hydrogen-bond acceptors (Lipinski definition) is 4. The summed E-state index contributed by atoms with van der Waals surface area (Å²) in [5.41, 5.74) is 0.871. The van der Waals surface area contributed by atoms with Gasteiger partial charge in [0, 0.05) is 32.3 Å². The van der Waals surface area contributed by atoms with E-state index >= 15 is 0 Å². The van der Waals surface area contributed by atoms with Gasteiger partial charge in [-0.15, -0.1) is 0 Å². The van der Waals surface area contributed by atoms with Crippen LogP contribution in [0.25, 0.3) is 0 Å². The van der Waals surface area contributed by atoms with E-state index in [9.17, 15) is 14.7 Å². The van der Waals surface area contributed by atoms with E-state index in [4.69, 9.17) is 0 Å². The van der Waals surface area contributed by atoms with Crippen LogP contribution in [0.1, 0.15) is 18.4 Å². The van der Waals surface area contributed by atoms with Gasteiger partial charge < -0.3 is 10.4 Å². The normalized spacial score (nSPS) is 18.9. The Hall–Kier alpha value is -2.67. The number of rotatable bonds is 5. The van der Waals surface area contributed by atoms with Crippen LogP contribution >= 0.6 is 0 Å². The highest BCUT2D eigenvalue weighted by Gasteiger charge is 2.33. The highest BCUT2D eigenvalue weighted by Crippen LogP contribution is 2.19. The number of carbonyl (C=O) groups is 2. The second-order valence-electron chi connectivity index (χ2n) is 6.25. The zero-order valence-electron chi connectivity index (χ0n) is 14.1. The molecule has 2 amide bonds. The van der Waals surface area contributed by atoms with Crippen LogP contribution in [0.4, 0.5) is 5.82 Å². The second-order valence-corrected chi connectivity index (χ2v) is 6.25. The predicted molar refractivity (Wildman–Crippen MR) is 92.9 cm³/mol. The molecule has 2 N–H and O–H groups in total. The Bertz CT molecular complexity index is 744. The smallest absolute Gasteiger partial charge is 0.250 e. The van der Waals surface area contributed by atoms with Gasteiger partial charge in [0.1, 0.15) is 12.1 Å². The standard InChI is InChI=1S/C18H22N4O3/c1-21-11-9-16(20-21)22-10-5-8-14(18(22)25)19-17(24)15(23)12-13-6-3-2-4-7-13/h2-4,6-7,9,11,14-15,23H,5,8,10,12H2,1H3,(H,19,24)/t14-,15+/m1/s1. The Labute approximate surface area is 146 Å². The Morgan fingerprint density at radius 1 is 1.36 bits per heavy atom. The van der Waals surface area contributed by atoms with E-state index in [2.05, 4.69) is 10.4 Å². The van der Waals surface area contributed by atoms with E-state index in [0.717, 1.165) is 12.0 Å². The molecule has 2 atom stereocenters. The minimum atomic E-state index is -1.18. The third-order valence-corrected chi connectivity index (χ3v) is 4.31. The topological polar surface area (TPSA) is 87.5 Å². The minimum Gasteiger partial charge on any atom is -0.383 e. The summed E-state index contributed by atoms with van der Waals surface area (Å²) >= 11 is 0. The summed E-state index contributed by atoms with van der Waals surface area (Å²) in [5, 5.41) is 17.1. The van der Waals surface area contributed by atoms with Crippen molar-refractivity contribution in [3.05, 3.63) is 48.2 Å². The van der Waals surface area contributed by atoms with Crippen molar-refractivity contribution in [2.45, 2.75) is 31.4 Å². The molecular formula is C18H22N4O3. The molecule has 25 heavy (non-hydrogen) atoms. The van der Waals surface area contributed by atoms with Crippen LogP contribution in [0.5, 0.6) is 0 Å². The van der Waals surface area contributed by atoms with Crippen molar-refractivity contribution in [1.29, 1.82) is 0 Å². The lowest BCUT2D eigenvalue weighted by molar-refractivity contribution is -0.133. The second kappa shape index (κ2) is 7.48. The lowest BCUT2D eigenvalue weighted by Gasteiger charge is -2.31. The first-order chi connectivity index (χ1) is 12.0. The van der Waals surface area contributed by atoms with Crippen molar-refractivity contribution >= 4 is 17.6 Å². The van der Waals surface area contributed by atoms with Crippen LogP contribution < -0.4 is 10.2 Å². The third-order valence-electron chi connectivity index (χ3n) is 4.31. The lowest BCUT2D eigenvalue weighted by atomic mass is 10.0. The van der Waals surface area contributed by atoms with Gasteiger partial charge in [-0.25, -0.2) is 0 Å². The van der Waals surface area contributed by atoms with Gasteiger partial charge in [0.05, 0.1) is 0 Å². The number of piperidine rings is 1. The molecule has 1 aromatic carbocycles. The number of amides is 2. The average molecular weight is 342 g/mol. The fourth-order valence-corrected chi connectivity index (χ4v) is 2.98. The number of benzene rings is 1. The maximum absolute atomic E-state index is 12.6. The van der Waals surface area contributed by atoms with E-state index in [-0.39, 0.29) is 12.3 Å². The Morgan fingerprint density at radius 3 is 2.80 bits per heavy atom. The van der Waals surface area contributed by atoms with Crippen LogP contribution in [0.15, 0.2) is 42.6 Å². The maximum atomic E-state index is 12.6. The molecule has 0 spiro atoms. The van der Waals surface area contributed by atoms with Crippen LogP contribution in [-0.2, 0) is 23.1 Å². The number of aryl methyl sites for hydroxylation is 1. The number of aliphatic hydroxyl groups is 1. The summed E-state index contributed by atoms with van der Waals surface area (Å²) in [5.74, 6) is -0.133.